The van der Waals surface area contributed by atoms with Crippen LogP contribution in [0.2, 0.25) is 0 Å². The molecule has 0 radical (unpaired) electrons. The van der Waals surface area contributed by atoms with E-state index in [1.807, 2.05) is 32.9 Å². The van der Waals surface area contributed by atoms with Gasteiger partial charge in [-0.05, 0) is 24.5 Å². The lowest BCUT2D eigenvalue weighted by Crippen LogP contribution is -2.36. The molecule has 1 N–H and O–H groups in total. The van der Waals surface area contributed by atoms with Crippen molar-refractivity contribution >= 4 is 5.91 Å². The number of furan rings is 1. The monoisotopic (exact) mass is 221 g/mol. The summed E-state index contributed by atoms with van der Waals surface area (Å²) in [5.41, 5.74) is -0.297. The van der Waals surface area contributed by atoms with Crippen LogP contribution < -0.4 is 5.32 Å². The summed E-state index contributed by atoms with van der Waals surface area (Å²) in [5, 5.41) is 3.00. The van der Waals surface area contributed by atoms with Gasteiger partial charge in [-0.15, -0.1) is 0 Å². The Balaban J connectivity index is 1.76. The fraction of sp³-hybridized carbons (Fsp3) is 0.615. The predicted molar refractivity (Wildman–Crippen MR) is 62.0 cm³/mol. The highest BCUT2D eigenvalue weighted by molar-refractivity contribution is 5.81. The molecule has 2 rings (SSSR count). The Morgan fingerprint density at radius 1 is 1.56 bits per heavy atom. The predicted octanol–water partition coefficient (Wildman–Crippen LogP) is 2.55. The van der Waals surface area contributed by atoms with Gasteiger partial charge in [0.2, 0.25) is 5.91 Å². The zero-order valence-corrected chi connectivity index (χ0v) is 10.1. The fourth-order valence-electron chi connectivity index (χ4n) is 1.81. The van der Waals surface area contributed by atoms with E-state index in [-0.39, 0.29) is 11.3 Å². The summed E-state index contributed by atoms with van der Waals surface area (Å²) in [5.74, 6) is 2.24. The molecule has 16 heavy (non-hydrogen) atoms. The van der Waals surface area contributed by atoms with Crippen molar-refractivity contribution in [2.24, 2.45) is 11.3 Å². The number of amides is 1. The molecule has 3 heteroatoms. The third-order valence-corrected chi connectivity index (χ3v) is 3.04. The maximum Gasteiger partial charge on any atom is 0.225 e. The Hall–Kier alpha value is -1.25. The second-order valence-electron chi connectivity index (χ2n) is 5.58. The molecule has 0 aliphatic heterocycles. The van der Waals surface area contributed by atoms with Crippen LogP contribution in [0.25, 0.3) is 0 Å². The fourth-order valence-corrected chi connectivity index (χ4v) is 1.81. The normalized spacial score (nSPS) is 24.2. The van der Waals surface area contributed by atoms with Gasteiger partial charge in [0.25, 0.3) is 0 Å². The molecule has 1 saturated carbocycles. The summed E-state index contributed by atoms with van der Waals surface area (Å²) < 4.78 is 5.35. The Bertz CT molecular complexity index is 362. The molecule has 1 fully saturated rings. The van der Waals surface area contributed by atoms with E-state index in [1.54, 1.807) is 6.26 Å². The van der Waals surface area contributed by atoms with Crippen molar-refractivity contribution in [3.8, 4) is 0 Å². The molecule has 1 aliphatic carbocycles. The molecular weight excluding hydrogens is 202 g/mol. The second-order valence-corrected chi connectivity index (χ2v) is 5.58. The third-order valence-electron chi connectivity index (χ3n) is 3.04. The van der Waals surface area contributed by atoms with Crippen LogP contribution in [-0.2, 0) is 4.79 Å². The number of hydrogen-bond acceptors (Lipinski definition) is 2. The molecule has 0 bridgehead atoms. The standard InChI is InChI=1S/C13H19NO2/c1-13(2,3)12(15)14-8-9-7-10(9)11-5-4-6-16-11/h4-6,9-10H,7-8H2,1-3H3,(H,14,15)/t9-,10+/m0/s1. The van der Waals surface area contributed by atoms with E-state index in [0.29, 0.717) is 11.8 Å². The highest BCUT2D eigenvalue weighted by Crippen LogP contribution is 2.47. The van der Waals surface area contributed by atoms with Gasteiger partial charge < -0.3 is 9.73 Å². The summed E-state index contributed by atoms with van der Waals surface area (Å²) in [6.45, 7) is 6.55. The number of carbonyl (C=O) groups is 1. The van der Waals surface area contributed by atoms with E-state index in [2.05, 4.69) is 5.32 Å². The van der Waals surface area contributed by atoms with Gasteiger partial charge in [-0.3, -0.25) is 4.79 Å². The van der Waals surface area contributed by atoms with Crippen molar-refractivity contribution in [3.05, 3.63) is 24.2 Å². The maximum absolute atomic E-state index is 11.7. The van der Waals surface area contributed by atoms with Gasteiger partial charge in [-0.2, -0.15) is 0 Å². The van der Waals surface area contributed by atoms with Gasteiger partial charge in [-0.25, -0.2) is 0 Å². The van der Waals surface area contributed by atoms with E-state index < -0.39 is 0 Å². The first-order valence-electron chi connectivity index (χ1n) is 5.80. The molecule has 0 spiro atoms. The van der Waals surface area contributed by atoms with Gasteiger partial charge in [0.1, 0.15) is 5.76 Å². The number of carbonyl (C=O) groups excluding carboxylic acids is 1. The van der Waals surface area contributed by atoms with Gasteiger partial charge >= 0.3 is 0 Å². The van der Waals surface area contributed by atoms with Gasteiger partial charge in [0, 0.05) is 17.9 Å². The summed E-state index contributed by atoms with van der Waals surface area (Å²) in [7, 11) is 0. The van der Waals surface area contributed by atoms with Crippen LogP contribution in [0.3, 0.4) is 0 Å². The van der Waals surface area contributed by atoms with Crippen molar-refractivity contribution in [2.75, 3.05) is 6.54 Å². The number of rotatable bonds is 3. The van der Waals surface area contributed by atoms with Crippen molar-refractivity contribution in [1.82, 2.24) is 5.32 Å². The average molecular weight is 221 g/mol. The van der Waals surface area contributed by atoms with E-state index in [0.717, 1.165) is 18.7 Å². The van der Waals surface area contributed by atoms with Crippen LogP contribution in [-0.4, -0.2) is 12.5 Å². The Labute approximate surface area is 96.2 Å². The molecule has 1 amide bonds. The van der Waals surface area contributed by atoms with Gasteiger partial charge in [0.15, 0.2) is 0 Å². The lowest BCUT2D eigenvalue weighted by molar-refractivity contribution is -0.128. The topological polar surface area (TPSA) is 42.2 Å². The van der Waals surface area contributed by atoms with Crippen LogP contribution in [0.4, 0.5) is 0 Å². The lowest BCUT2D eigenvalue weighted by Gasteiger charge is -2.17. The first-order chi connectivity index (χ1) is 7.48. The molecule has 88 valence electrons. The molecule has 3 nitrogen and oxygen atoms in total. The minimum absolute atomic E-state index is 0.123. The van der Waals surface area contributed by atoms with Gasteiger partial charge in [-0.1, -0.05) is 20.8 Å². The summed E-state index contributed by atoms with van der Waals surface area (Å²) >= 11 is 0. The van der Waals surface area contributed by atoms with Crippen LogP contribution >= 0.6 is 0 Å². The zero-order chi connectivity index (χ0) is 11.8. The van der Waals surface area contributed by atoms with Crippen LogP contribution in [0.1, 0.15) is 38.9 Å². The number of nitrogens with one attached hydrogen (secondary N) is 1. The Morgan fingerprint density at radius 2 is 2.31 bits per heavy atom. The average Bonchev–Trinajstić information content (AvgIpc) is 2.75. The third kappa shape index (κ3) is 2.46. The minimum atomic E-state index is -0.297. The molecule has 1 heterocycles. The molecular formula is C13H19NO2. The summed E-state index contributed by atoms with van der Waals surface area (Å²) in [6, 6.07) is 3.93. The summed E-state index contributed by atoms with van der Waals surface area (Å²) in [4.78, 5) is 11.7. The summed E-state index contributed by atoms with van der Waals surface area (Å²) in [6.07, 6.45) is 2.83. The SMILES string of the molecule is CC(C)(C)C(=O)NC[C@@H]1C[C@H]1c1ccco1. The van der Waals surface area contributed by atoms with Crippen LogP contribution in [0.15, 0.2) is 22.8 Å². The Morgan fingerprint density at radius 3 is 2.88 bits per heavy atom. The van der Waals surface area contributed by atoms with Crippen LogP contribution in [0.5, 0.6) is 0 Å². The smallest absolute Gasteiger partial charge is 0.225 e. The quantitative estimate of drug-likeness (QED) is 0.852. The van der Waals surface area contributed by atoms with Gasteiger partial charge in [0.05, 0.1) is 6.26 Å². The maximum atomic E-state index is 11.7. The molecule has 0 unspecified atom stereocenters. The molecule has 0 saturated heterocycles. The van der Waals surface area contributed by atoms with Crippen molar-refractivity contribution in [3.63, 3.8) is 0 Å². The van der Waals surface area contributed by atoms with E-state index in [4.69, 9.17) is 4.42 Å². The lowest BCUT2D eigenvalue weighted by atomic mass is 9.96. The van der Waals surface area contributed by atoms with Crippen LogP contribution in [0, 0.1) is 11.3 Å². The van der Waals surface area contributed by atoms with Crippen molar-refractivity contribution in [1.29, 1.82) is 0 Å². The molecule has 2 atom stereocenters. The van der Waals surface area contributed by atoms with E-state index in [1.165, 1.54) is 0 Å². The van der Waals surface area contributed by atoms with Crippen molar-refractivity contribution in [2.45, 2.75) is 33.1 Å². The molecule has 0 aromatic carbocycles. The van der Waals surface area contributed by atoms with E-state index in [9.17, 15) is 4.79 Å². The first kappa shape index (κ1) is 11.2. The Kier molecular flexibility index (Phi) is 2.78. The zero-order valence-electron chi connectivity index (χ0n) is 10.1. The number of hydrogen-bond donors (Lipinski definition) is 1. The van der Waals surface area contributed by atoms with Crippen molar-refractivity contribution < 1.29 is 9.21 Å². The largest absolute Gasteiger partial charge is 0.469 e. The second kappa shape index (κ2) is 3.96. The molecule has 1 aliphatic rings. The highest BCUT2D eigenvalue weighted by Gasteiger charge is 2.40. The molecule has 1 aromatic heterocycles. The minimum Gasteiger partial charge on any atom is -0.469 e. The van der Waals surface area contributed by atoms with E-state index >= 15 is 0 Å². The molecule has 1 aromatic rings. The first-order valence-corrected chi connectivity index (χ1v) is 5.80. The highest BCUT2D eigenvalue weighted by atomic mass is 16.3.